The summed E-state index contributed by atoms with van der Waals surface area (Å²) in [6.07, 6.45) is 36.8. The zero-order valence-corrected chi connectivity index (χ0v) is 32.3. The molecule has 0 aromatic rings. The molecule has 0 N–H and O–H groups in total. The van der Waals surface area contributed by atoms with Crippen LogP contribution in [-0.2, 0) is 28.6 Å². The van der Waals surface area contributed by atoms with Crippen molar-refractivity contribution in [3.05, 3.63) is 0 Å². The lowest BCUT2D eigenvalue weighted by atomic mass is 10.0. The number of carbonyl (C=O) groups excluding carboxylic acids is 3. The maximum absolute atomic E-state index is 12.6. The summed E-state index contributed by atoms with van der Waals surface area (Å²) < 4.78 is 16.5. The van der Waals surface area contributed by atoms with E-state index in [-0.39, 0.29) is 31.1 Å². The number of hydrogen-bond acceptors (Lipinski definition) is 6. The molecule has 0 aliphatic carbocycles. The van der Waals surface area contributed by atoms with Gasteiger partial charge in [0.25, 0.3) is 0 Å². The summed E-state index contributed by atoms with van der Waals surface area (Å²) in [5.74, 6) is -0.873. The maximum atomic E-state index is 12.6. The first kappa shape index (κ1) is 46.4. The van der Waals surface area contributed by atoms with Gasteiger partial charge in [-0.1, -0.05) is 194 Å². The molecule has 0 aromatic carbocycles. The Hall–Kier alpha value is -1.59. The zero-order chi connectivity index (χ0) is 35.2. The Morgan fingerprint density at radius 3 is 0.833 bits per heavy atom. The predicted molar refractivity (Wildman–Crippen MR) is 201 cm³/mol. The molecule has 6 nitrogen and oxygen atoms in total. The Labute approximate surface area is 298 Å². The fourth-order valence-corrected chi connectivity index (χ4v) is 6.15. The number of carbonyl (C=O) groups is 3. The van der Waals surface area contributed by atoms with E-state index < -0.39 is 6.10 Å². The molecule has 0 amide bonds. The van der Waals surface area contributed by atoms with Crippen LogP contribution in [0.2, 0.25) is 0 Å². The van der Waals surface area contributed by atoms with Gasteiger partial charge in [-0.05, 0) is 19.3 Å². The topological polar surface area (TPSA) is 78.9 Å². The normalized spacial score (nSPS) is 11.8. The van der Waals surface area contributed by atoms with E-state index in [1.54, 1.807) is 0 Å². The molecule has 0 aromatic heterocycles. The SMILES string of the molecule is CCCCCCCCCCCCCCCCCC(=O)OC[C@H](COC(=O)CCCCCCC)OC(=O)CCCCCCCCCCCC. The highest BCUT2D eigenvalue weighted by molar-refractivity contribution is 5.71. The predicted octanol–water partition coefficient (Wildman–Crippen LogP) is 12.9. The molecule has 1 atom stereocenters. The molecule has 0 rings (SSSR count). The van der Waals surface area contributed by atoms with Crippen molar-refractivity contribution in [1.82, 2.24) is 0 Å². The van der Waals surface area contributed by atoms with Crippen LogP contribution in [0.4, 0.5) is 0 Å². The van der Waals surface area contributed by atoms with Gasteiger partial charge < -0.3 is 14.2 Å². The average Bonchev–Trinajstić information content (AvgIpc) is 3.08. The molecule has 0 aliphatic rings. The fraction of sp³-hybridized carbons (Fsp3) is 0.929. The minimum atomic E-state index is -0.755. The van der Waals surface area contributed by atoms with Crippen LogP contribution in [0.15, 0.2) is 0 Å². The van der Waals surface area contributed by atoms with Crippen molar-refractivity contribution in [3.63, 3.8) is 0 Å². The van der Waals surface area contributed by atoms with Crippen LogP contribution in [0.3, 0.4) is 0 Å². The van der Waals surface area contributed by atoms with Crippen molar-refractivity contribution >= 4 is 17.9 Å². The van der Waals surface area contributed by atoms with E-state index in [0.29, 0.717) is 19.3 Å². The molecule has 0 unspecified atom stereocenters. The minimum absolute atomic E-state index is 0.0644. The van der Waals surface area contributed by atoms with Gasteiger partial charge in [0.2, 0.25) is 0 Å². The van der Waals surface area contributed by atoms with Crippen LogP contribution in [0, 0.1) is 0 Å². The van der Waals surface area contributed by atoms with Crippen LogP contribution in [-0.4, -0.2) is 37.2 Å². The van der Waals surface area contributed by atoms with E-state index >= 15 is 0 Å². The first-order valence-corrected chi connectivity index (χ1v) is 21.0. The van der Waals surface area contributed by atoms with Gasteiger partial charge in [0.15, 0.2) is 6.10 Å². The summed E-state index contributed by atoms with van der Waals surface area (Å²) in [5.41, 5.74) is 0. The molecule has 0 saturated heterocycles. The molecular weight excluding hydrogens is 600 g/mol. The third kappa shape index (κ3) is 35.7. The largest absolute Gasteiger partial charge is 0.462 e. The highest BCUT2D eigenvalue weighted by Crippen LogP contribution is 2.15. The molecule has 0 spiro atoms. The van der Waals surface area contributed by atoms with Crippen LogP contribution < -0.4 is 0 Å². The lowest BCUT2D eigenvalue weighted by Crippen LogP contribution is -2.30. The van der Waals surface area contributed by atoms with E-state index in [2.05, 4.69) is 20.8 Å². The number of esters is 3. The van der Waals surface area contributed by atoms with E-state index in [1.807, 2.05) is 0 Å². The van der Waals surface area contributed by atoms with Crippen LogP contribution in [0.1, 0.15) is 233 Å². The third-order valence-corrected chi connectivity index (χ3v) is 9.36. The Morgan fingerprint density at radius 1 is 0.333 bits per heavy atom. The molecule has 48 heavy (non-hydrogen) atoms. The van der Waals surface area contributed by atoms with Crippen molar-refractivity contribution in [3.8, 4) is 0 Å². The molecule has 284 valence electrons. The third-order valence-electron chi connectivity index (χ3n) is 9.36. The standard InChI is InChI=1S/C42H80O6/c1-4-7-10-13-15-17-19-20-21-22-23-25-26-29-32-35-41(44)47-38-39(37-46-40(43)34-31-28-12-9-6-3)48-42(45)36-33-30-27-24-18-16-14-11-8-5-2/h39H,4-38H2,1-3H3/t39-/m0/s1. The molecule has 6 heteroatoms. The molecular formula is C42H80O6. The van der Waals surface area contributed by atoms with Gasteiger partial charge in [0.05, 0.1) is 0 Å². The second-order valence-electron chi connectivity index (χ2n) is 14.3. The van der Waals surface area contributed by atoms with Crippen molar-refractivity contribution < 1.29 is 28.6 Å². The quantitative estimate of drug-likeness (QED) is 0.0367. The van der Waals surface area contributed by atoms with Gasteiger partial charge >= 0.3 is 17.9 Å². The molecule has 0 heterocycles. The number of unbranched alkanes of at least 4 members (excludes halogenated alkanes) is 27. The summed E-state index contributed by atoms with van der Waals surface area (Å²) >= 11 is 0. The van der Waals surface area contributed by atoms with E-state index in [4.69, 9.17) is 14.2 Å². The first-order chi connectivity index (χ1) is 23.5. The number of rotatable bonds is 38. The highest BCUT2D eigenvalue weighted by atomic mass is 16.6. The van der Waals surface area contributed by atoms with Crippen LogP contribution >= 0.6 is 0 Å². The summed E-state index contributed by atoms with van der Waals surface area (Å²) in [4.78, 5) is 37.3. The fourth-order valence-electron chi connectivity index (χ4n) is 6.15. The summed E-state index contributed by atoms with van der Waals surface area (Å²) in [6, 6.07) is 0. The Morgan fingerprint density at radius 2 is 0.562 bits per heavy atom. The van der Waals surface area contributed by atoms with Gasteiger partial charge in [0.1, 0.15) is 13.2 Å². The van der Waals surface area contributed by atoms with Crippen molar-refractivity contribution in [2.75, 3.05) is 13.2 Å². The van der Waals surface area contributed by atoms with Crippen molar-refractivity contribution in [2.24, 2.45) is 0 Å². The molecule has 0 bridgehead atoms. The zero-order valence-electron chi connectivity index (χ0n) is 32.3. The smallest absolute Gasteiger partial charge is 0.306 e. The summed E-state index contributed by atoms with van der Waals surface area (Å²) in [5, 5.41) is 0. The lowest BCUT2D eigenvalue weighted by molar-refractivity contribution is -0.167. The van der Waals surface area contributed by atoms with Gasteiger partial charge in [-0.2, -0.15) is 0 Å². The van der Waals surface area contributed by atoms with Gasteiger partial charge in [-0.3, -0.25) is 14.4 Å². The van der Waals surface area contributed by atoms with E-state index in [0.717, 1.165) is 64.2 Å². The molecule has 0 fully saturated rings. The molecule has 0 aliphatic heterocycles. The highest BCUT2D eigenvalue weighted by Gasteiger charge is 2.19. The summed E-state index contributed by atoms with van der Waals surface area (Å²) in [7, 11) is 0. The minimum Gasteiger partial charge on any atom is -0.462 e. The average molecular weight is 681 g/mol. The van der Waals surface area contributed by atoms with Crippen LogP contribution in [0.5, 0.6) is 0 Å². The second kappa shape index (κ2) is 38.2. The first-order valence-electron chi connectivity index (χ1n) is 21.0. The Bertz CT molecular complexity index is 708. The van der Waals surface area contributed by atoms with E-state index in [9.17, 15) is 14.4 Å². The number of ether oxygens (including phenoxy) is 3. The van der Waals surface area contributed by atoms with Gasteiger partial charge in [0, 0.05) is 19.3 Å². The van der Waals surface area contributed by atoms with Crippen molar-refractivity contribution in [2.45, 2.75) is 239 Å². The second-order valence-corrected chi connectivity index (χ2v) is 14.3. The van der Waals surface area contributed by atoms with Gasteiger partial charge in [-0.25, -0.2) is 0 Å². The maximum Gasteiger partial charge on any atom is 0.306 e. The Balaban J connectivity index is 4.18. The lowest BCUT2D eigenvalue weighted by Gasteiger charge is -2.18. The van der Waals surface area contributed by atoms with Crippen molar-refractivity contribution in [1.29, 1.82) is 0 Å². The van der Waals surface area contributed by atoms with Gasteiger partial charge in [-0.15, -0.1) is 0 Å². The van der Waals surface area contributed by atoms with E-state index in [1.165, 1.54) is 128 Å². The molecule has 0 saturated carbocycles. The monoisotopic (exact) mass is 681 g/mol. The molecule has 0 radical (unpaired) electrons. The Kier molecular flexibility index (Phi) is 36.9. The summed E-state index contributed by atoms with van der Waals surface area (Å²) in [6.45, 7) is 6.55. The number of hydrogen-bond donors (Lipinski definition) is 0. The van der Waals surface area contributed by atoms with Crippen LogP contribution in [0.25, 0.3) is 0 Å².